The van der Waals surface area contributed by atoms with Crippen molar-refractivity contribution in [3.05, 3.63) is 42.1 Å². The van der Waals surface area contributed by atoms with Gasteiger partial charge in [-0.2, -0.15) is 0 Å². The molecule has 1 amide bonds. The van der Waals surface area contributed by atoms with E-state index in [1.54, 1.807) is 6.20 Å². The van der Waals surface area contributed by atoms with Crippen LogP contribution >= 0.6 is 0 Å². The van der Waals surface area contributed by atoms with Gasteiger partial charge >= 0.3 is 0 Å². The first-order chi connectivity index (χ1) is 11.6. The Bertz CT molecular complexity index is 714. The number of aryl methyl sites for hydroxylation is 1. The molecule has 3 rings (SSSR count). The largest absolute Gasteiger partial charge is 0.486 e. The molecule has 126 valence electrons. The van der Waals surface area contributed by atoms with E-state index in [0.717, 1.165) is 22.9 Å². The minimum absolute atomic E-state index is 0.0377. The minimum atomic E-state index is -0.0377. The summed E-state index contributed by atoms with van der Waals surface area (Å²) in [6.07, 6.45) is 2.71. The zero-order valence-corrected chi connectivity index (χ0v) is 13.9. The van der Waals surface area contributed by atoms with E-state index in [9.17, 15) is 4.79 Å². The Morgan fingerprint density at radius 1 is 1.17 bits per heavy atom. The molecule has 2 aromatic rings. The Labute approximate surface area is 141 Å². The van der Waals surface area contributed by atoms with Gasteiger partial charge in [0.05, 0.1) is 11.9 Å². The van der Waals surface area contributed by atoms with Crippen LogP contribution in [0.25, 0.3) is 0 Å². The van der Waals surface area contributed by atoms with Crippen LogP contribution in [-0.4, -0.2) is 38.2 Å². The lowest BCUT2D eigenvalue weighted by Gasteiger charge is -2.18. The van der Waals surface area contributed by atoms with Crippen molar-refractivity contribution in [3.8, 4) is 11.5 Å². The summed E-state index contributed by atoms with van der Waals surface area (Å²) in [4.78, 5) is 18.3. The fourth-order valence-electron chi connectivity index (χ4n) is 2.45. The second kappa shape index (κ2) is 7.21. The third-order valence-corrected chi connectivity index (χ3v) is 3.74. The van der Waals surface area contributed by atoms with Crippen molar-refractivity contribution < 1.29 is 14.3 Å². The van der Waals surface area contributed by atoms with E-state index < -0.39 is 0 Å². The predicted molar refractivity (Wildman–Crippen MR) is 92.9 cm³/mol. The maximum Gasteiger partial charge on any atom is 0.224 e. The van der Waals surface area contributed by atoms with Crippen molar-refractivity contribution in [2.24, 2.45) is 0 Å². The van der Waals surface area contributed by atoms with Crippen LogP contribution in [0.1, 0.15) is 12.0 Å². The summed E-state index contributed by atoms with van der Waals surface area (Å²) < 4.78 is 11.1. The highest BCUT2D eigenvalue weighted by molar-refractivity contribution is 5.90. The lowest BCUT2D eigenvalue weighted by atomic mass is 10.1. The topological polar surface area (TPSA) is 63.7 Å². The van der Waals surface area contributed by atoms with Crippen LogP contribution in [-0.2, 0) is 11.2 Å². The number of aromatic nitrogens is 1. The van der Waals surface area contributed by atoms with Crippen LogP contribution in [0.15, 0.2) is 36.5 Å². The van der Waals surface area contributed by atoms with E-state index in [-0.39, 0.29) is 5.91 Å². The monoisotopic (exact) mass is 327 g/mol. The first-order valence-electron chi connectivity index (χ1n) is 7.93. The molecule has 6 heteroatoms. The van der Waals surface area contributed by atoms with E-state index in [2.05, 4.69) is 10.3 Å². The molecular weight excluding hydrogens is 306 g/mol. The first kappa shape index (κ1) is 16.1. The van der Waals surface area contributed by atoms with Gasteiger partial charge < -0.3 is 19.7 Å². The van der Waals surface area contributed by atoms with Crippen LogP contribution < -0.4 is 19.7 Å². The second-order valence-electron chi connectivity index (χ2n) is 5.83. The maximum absolute atomic E-state index is 12.1. The van der Waals surface area contributed by atoms with Crippen LogP contribution in [0, 0.1) is 0 Å². The Balaban J connectivity index is 1.53. The van der Waals surface area contributed by atoms with Crippen molar-refractivity contribution in [3.63, 3.8) is 0 Å². The van der Waals surface area contributed by atoms with Crippen molar-refractivity contribution >= 4 is 17.4 Å². The van der Waals surface area contributed by atoms with Gasteiger partial charge in [-0.05, 0) is 36.2 Å². The number of pyridine rings is 1. The molecule has 0 aliphatic carbocycles. The van der Waals surface area contributed by atoms with E-state index >= 15 is 0 Å². The average molecular weight is 327 g/mol. The van der Waals surface area contributed by atoms with Crippen LogP contribution in [0.4, 0.5) is 11.5 Å². The molecular formula is C18H21N3O3. The van der Waals surface area contributed by atoms with Crippen molar-refractivity contribution in [1.29, 1.82) is 0 Å². The van der Waals surface area contributed by atoms with Crippen LogP contribution in [0.5, 0.6) is 11.5 Å². The van der Waals surface area contributed by atoms with Gasteiger partial charge in [-0.3, -0.25) is 4.79 Å². The zero-order chi connectivity index (χ0) is 16.9. The van der Waals surface area contributed by atoms with Crippen LogP contribution in [0.2, 0.25) is 0 Å². The molecule has 1 aliphatic heterocycles. The molecule has 0 unspecified atom stereocenters. The molecule has 1 aromatic carbocycles. The fraction of sp³-hybridized carbons (Fsp3) is 0.333. The van der Waals surface area contributed by atoms with Gasteiger partial charge in [0.2, 0.25) is 5.91 Å². The molecule has 0 spiro atoms. The summed E-state index contributed by atoms with van der Waals surface area (Å²) in [5.74, 6) is 2.33. The van der Waals surface area contributed by atoms with Gasteiger partial charge in [0, 0.05) is 20.5 Å². The standard InChI is InChI=1S/C18H21N3O3/c1-21(2)17-7-5-14(12-19-17)20-18(22)8-4-13-3-6-15-16(11-13)24-10-9-23-15/h3,5-7,11-12H,4,8-10H2,1-2H3,(H,20,22). The number of amides is 1. The van der Waals surface area contributed by atoms with E-state index in [1.165, 1.54) is 0 Å². The summed E-state index contributed by atoms with van der Waals surface area (Å²) in [7, 11) is 3.85. The van der Waals surface area contributed by atoms with Crippen LogP contribution in [0.3, 0.4) is 0 Å². The number of rotatable bonds is 5. The molecule has 0 bridgehead atoms. The van der Waals surface area contributed by atoms with E-state index in [1.807, 2.05) is 49.3 Å². The number of carbonyl (C=O) groups excluding carboxylic acids is 1. The lowest BCUT2D eigenvalue weighted by molar-refractivity contribution is -0.116. The second-order valence-corrected chi connectivity index (χ2v) is 5.83. The van der Waals surface area contributed by atoms with Crippen molar-refractivity contribution in [1.82, 2.24) is 4.98 Å². The molecule has 1 aromatic heterocycles. The maximum atomic E-state index is 12.1. The first-order valence-corrected chi connectivity index (χ1v) is 7.93. The Kier molecular flexibility index (Phi) is 4.84. The van der Waals surface area contributed by atoms with Gasteiger partial charge in [0.1, 0.15) is 19.0 Å². The summed E-state index contributed by atoms with van der Waals surface area (Å²) in [5, 5.41) is 2.86. The molecule has 0 atom stereocenters. The van der Waals surface area contributed by atoms with E-state index in [0.29, 0.717) is 31.7 Å². The summed E-state index contributed by atoms with van der Waals surface area (Å²) in [6, 6.07) is 9.52. The summed E-state index contributed by atoms with van der Waals surface area (Å²) in [6.45, 7) is 1.14. The molecule has 0 radical (unpaired) electrons. The highest BCUT2D eigenvalue weighted by Crippen LogP contribution is 2.31. The van der Waals surface area contributed by atoms with Gasteiger partial charge in [0.15, 0.2) is 11.5 Å². The van der Waals surface area contributed by atoms with Gasteiger partial charge in [0.25, 0.3) is 0 Å². The zero-order valence-electron chi connectivity index (χ0n) is 13.9. The summed E-state index contributed by atoms with van der Waals surface area (Å²) >= 11 is 0. The highest BCUT2D eigenvalue weighted by atomic mass is 16.6. The SMILES string of the molecule is CN(C)c1ccc(NC(=O)CCc2ccc3c(c2)OCCO3)cn1. The van der Waals surface area contributed by atoms with E-state index in [4.69, 9.17) is 9.47 Å². The number of nitrogens with one attached hydrogen (secondary N) is 1. The minimum Gasteiger partial charge on any atom is -0.486 e. The molecule has 1 N–H and O–H groups in total. The van der Waals surface area contributed by atoms with Gasteiger partial charge in [-0.1, -0.05) is 6.07 Å². The molecule has 24 heavy (non-hydrogen) atoms. The predicted octanol–water partition coefficient (Wildman–Crippen LogP) is 2.49. The Morgan fingerprint density at radius 3 is 2.67 bits per heavy atom. The van der Waals surface area contributed by atoms with Gasteiger partial charge in [-0.15, -0.1) is 0 Å². The molecule has 2 heterocycles. The van der Waals surface area contributed by atoms with Crippen molar-refractivity contribution in [2.75, 3.05) is 37.5 Å². The normalized spacial score (nSPS) is 12.6. The summed E-state index contributed by atoms with van der Waals surface area (Å²) in [5.41, 5.74) is 1.75. The third kappa shape index (κ3) is 3.95. The average Bonchev–Trinajstić information content (AvgIpc) is 2.60. The molecule has 0 saturated carbocycles. The number of hydrogen-bond donors (Lipinski definition) is 1. The molecule has 0 saturated heterocycles. The highest BCUT2D eigenvalue weighted by Gasteiger charge is 2.12. The number of anilines is 2. The fourth-order valence-corrected chi connectivity index (χ4v) is 2.45. The number of fused-ring (bicyclic) bond motifs is 1. The quantitative estimate of drug-likeness (QED) is 0.914. The lowest BCUT2D eigenvalue weighted by Crippen LogP contribution is -2.16. The molecule has 1 aliphatic rings. The van der Waals surface area contributed by atoms with Gasteiger partial charge in [-0.25, -0.2) is 4.98 Å². The number of nitrogens with zero attached hydrogens (tertiary/aromatic N) is 2. The number of hydrogen-bond acceptors (Lipinski definition) is 5. The Hall–Kier alpha value is -2.76. The number of benzene rings is 1. The molecule has 0 fully saturated rings. The van der Waals surface area contributed by atoms with Crippen molar-refractivity contribution in [2.45, 2.75) is 12.8 Å². The number of ether oxygens (including phenoxy) is 2. The smallest absolute Gasteiger partial charge is 0.224 e. The third-order valence-electron chi connectivity index (χ3n) is 3.74. The molecule has 6 nitrogen and oxygen atoms in total. The Morgan fingerprint density at radius 2 is 1.96 bits per heavy atom. The number of carbonyl (C=O) groups is 1.